The molecule has 1 N–H and O–H groups in total. The van der Waals surface area contributed by atoms with Crippen LogP contribution in [0.1, 0.15) is 0 Å². The van der Waals surface area contributed by atoms with Crippen molar-refractivity contribution in [1.29, 1.82) is 0 Å². The third kappa shape index (κ3) is 1.81. The molecule has 3 rings (SSSR count). The number of H-pyrrole nitrogens is 1. The van der Waals surface area contributed by atoms with Crippen molar-refractivity contribution in [1.82, 2.24) is 9.55 Å². The van der Waals surface area contributed by atoms with Crippen LogP contribution in [0.4, 0.5) is 0 Å². The first-order valence-electron chi connectivity index (χ1n) is 5.69. The van der Waals surface area contributed by atoms with Crippen LogP contribution in [0, 0.1) is 0 Å². The number of benzene rings is 1. The number of hydrogen-bond donors (Lipinski definition) is 1. The molecular weight excluding hydrogens is 284 g/mol. The van der Waals surface area contributed by atoms with E-state index in [1.54, 1.807) is 18.2 Å². The topological polar surface area (TPSA) is 77.2 Å². The van der Waals surface area contributed by atoms with Crippen LogP contribution in [0.25, 0.3) is 16.8 Å². The summed E-state index contributed by atoms with van der Waals surface area (Å²) in [6, 6.07) is 7.85. The summed E-state index contributed by atoms with van der Waals surface area (Å²) in [5.74, 6) is 0.421. The van der Waals surface area contributed by atoms with E-state index in [9.17, 15) is 9.59 Å². The van der Waals surface area contributed by atoms with Crippen LogP contribution in [0.5, 0.6) is 5.75 Å². The van der Waals surface area contributed by atoms with Gasteiger partial charge in [-0.25, -0.2) is 4.79 Å². The monoisotopic (exact) mass is 292 g/mol. The fourth-order valence-electron chi connectivity index (χ4n) is 2.03. The highest BCUT2D eigenvalue weighted by atomic mass is 35.5. The first-order chi connectivity index (χ1) is 9.61. The van der Waals surface area contributed by atoms with Crippen molar-refractivity contribution in [3.8, 4) is 11.6 Å². The Morgan fingerprint density at radius 3 is 2.70 bits per heavy atom. The summed E-state index contributed by atoms with van der Waals surface area (Å²) in [6.45, 7) is 0. The van der Waals surface area contributed by atoms with Gasteiger partial charge in [0.1, 0.15) is 11.1 Å². The van der Waals surface area contributed by atoms with Gasteiger partial charge in [-0.05, 0) is 29.8 Å². The van der Waals surface area contributed by atoms with Gasteiger partial charge in [-0.3, -0.25) is 4.79 Å². The molecule has 0 fully saturated rings. The first-order valence-corrected chi connectivity index (χ1v) is 6.07. The van der Waals surface area contributed by atoms with E-state index in [-0.39, 0.29) is 16.5 Å². The Balaban J connectivity index is 2.45. The van der Waals surface area contributed by atoms with Gasteiger partial charge < -0.3 is 14.1 Å². The third-order valence-electron chi connectivity index (χ3n) is 2.89. The van der Waals surface area contributed by atoms with E-state index in [0.29, 0.717) is 11.3 Å². The van der Waals surface area contributed by atoms with Crippen molar-refractivity contribution in [3.63, 3.8) is 0 Å². The molecule has 0 atom stereocenters. The average molecular weight is 293 g/mol. The number of furan rings is 1. The predicted octanol–water partition coefficient (Wildman–Crippen LogP) is 1.93. The molecule has 2 aromatic heterocycles. The summed E-state index contributed by atoms with van der Waals surface area (Å²) in [7, 11) is 1.45. The van der Waals surface area contributed by atoms with Crippen LogP contribution < -0.4 is 16.0 Å². The van der Waals surface area contributed by atoms with Gasteiger partial charge >= 0.3 is 5.69 Å². The minimum atomic E-state index is -0.609. The smallest absolute Gasteiger partial charge is 0.335 e. The number of nitrogens with zero attached hydrogens (tertiary/aromatic N) is 1. The van der Waals surface area contributed by atoms with Gasteiger partial charge in [-0.2, -0.15) is 4.57 Å². The van der Waals surface area contributed by atoms with Crippen molar-refractivity contribution < 1.29 is 9.15 Å². The quantitative estimate of drug-likeness (QED) is 0.783. The number of nitrogens with one attached hydrogen (secondary N) is 1. The zero-order valence-electron chi connectivity index (χ0n) is 10.3. The molecule has 1 aromatic carbocycles. The highest BCUT2D eigenvalue weighted by molar-refractivity contribution is 6.28. The number of aromatic amines is 1. The van der Waals surface area contributed by atoms with Crippen LogP contribution in [0.2, 0.25) is 5.22 Å². The fourth-order valence-corrected chi connectivity index (χ4v) is 2.17. The Morgan fingerprint density at radius 1 is 1.25 bits per heavy atom. The Kier molecular flexibility index (Phi) is 2.87. The van der Waals surface area contributed by atoms with Crippen LogP contribution in [-0.4, -0.2) is 16.7 Å². The molecule has 0 bridgehead atoms. The highest BCUT2D eigenvalue weighted by Crippen LogP contribution is 2.20. The predicted molar refractivity (Wildman–Crippen MR) is 74.0 cm³/mol. The van der Waals surface area contributed by atoms with Gasteiger partial charge in [0.15, 0.2) is 5.22 Å². The average Bonchev–Trinajstić information content (AvgIpc) is 2.84. The van der Waals surface area contributed by atoms with E-state index in [1.165, 1.54) is 19.2 Å². The second-order valence-corrected chi connectivity index (χ2v) is 4.40. The molecular formula is C13H9ClN2O4. The van der Waals surface area contributed by atoms with Crippen LogP contribution in [0.3, 0.4) is 0 Å². The summed E-state index contributed by atoms with van der Waals surface area (Å²) in [5, 5.41) is 0.355. The van der Waals surface area contributed by atoms with E-state index >= 15 is 0 Å². The van der Waals surface area contributed by atoms with Crippen molar-refractivity contribution >= 4 is 22.5 Å². The van der Waals surface area contributed by atoms with Crippen molar-refractivity contribution in [2.24, 2.45) is 0 Å². The maximum Gasteiger partial charge on any atom is 0.335 e. The maximum absolute atomic E-state index is 12.5. The molecule has 7 heteroatoms. The van der Waals surface area contributed by atoms with Crippen molar-refractivity contribution in [3.05, 3.63) is 56.4 Å². The second kappa shape index (κ2) is 4.57. The standard InChI is InChI=1S/C13H9ClN2O4/c1-19-8-4-2-3-7-11(8)12(17)16(13(18)15-7)10-6-5-9(14)20-10/h2-6H,1H3,(H,15,18). The molecule has 6 nitrogen and oxygen atoms in total. The lowest BCUT2D eigenvalue weighted by atomic mass is 10.2. The molecule has 3 aromatic rings. The molecule has 0 unspecified atom stereocenters. The van der Waals surface area contributed by atoms with E-state index < -0.39 is 11.2 Å². The largest absolute Gasteiger partial charge is 0.496 e. The molecule has 20 heavy (non-hydrogen) atoms. The SMILES string of the molecule is COc1cccc2[nH]c(=O)n(-c3ccc(Cl)o3)c(=O)c12. The van der Waals surface area contributed by atoms with E-state index in [4.69, 9.17) is 20.8 Å². The van der Waals surface area contributed by atoms with E-state index in [2.05, 4.69) is 4.98 Å². The summed E-state index contributed by atoms with van der Waals surface area (Å²) >= 11 is 5.67. The van der Waals surface area contributed by atoms with E-state index in [1.807, 2.05) is 0 Å². The summed E-state index contributed by atoms with van der Waals surface area (Å²) < 4.78 is 11.1. The molecule has 0 saturated heterocycles. The van der Waals surface area contributed by atoms with Gasteiger partial charge in [0.05, 0.1) is 12.6 Å². The zero-order valence-corrected chi connectivity index (χ0v) is 11.1. The van der Waals surface area contributed by atoms with Crippen LogP contribution in [-0.2, 0) is 0 Å². The second-order valence-electron chi connectivity index (χ2n) is 4.03. The van der Waals surface area contributed by atoms with E-state index in [0.717, 1.165) is 4.57 Å². The first kappa shape index (κ1) is 12.6. The Hall–Kier alpha value is -2.47. The lowest BCUT2D eigenvalue weighted by Crippen LogP contribution is -2.33. The number of ether oxygens (including phenoxy) is 1. The zero-order chi connectivity index (χ0) is 14.3. The van der Waals surface area contributed by atoms with Gasteiger partial charge in [0.25, 0.3) is 5.56 Å². The molecule has 102 valence electrons. The number of rotatable bonds is 2. The van der Waals surface area contributed by atoms with Gasteiger partial charge in [0.2, 0.25) is 5.88 Å². The van der Waals surface area contributed by atoms with Crippen molar-refractivity contribution in [2.45, 2.75) is 0 Å². The molecule has 0 amide bonds. The minimum absolute atomic E-state index is 0.0501. The highest BCUT2D eigenvalue weighted by Gasteiger charge is 2.15. The summed E-state index contributed by atoms with van der Waals surface area (Å²) in [5.41, 5.74) is -0.748. The fraction of sp³-hybridized carbons (Fsp3) is 0.0769. The Bertz CT molecular complexity index is 907. The summed E-state index contributed by atoms with van der Waals surface area (Å²) in [4.78, 5) is 27.1. The molecule has 0 aliphatic rings. The normalized spacial score (nSPS) is 10.9. The lowest BCUT2D eigenvalue weighted by molar-refractivity contribution is 0.419. The number of fused-ring (bicyclic) bond motifs is 1. The van der Waals surface area contributed by atoms with Crippen LogP contribution >= 0.6 is 11.6 Å². The Labute approximate surface area is 117 Å². The Morgan fingerprint density at radius 2 is 2.05 bits per heavy atom. The number of methoxy groups -OCH3 is 1. The molecule has 0 saturated carbocycles. The maximum atomic E-state index is 12.5. The van der Waals surface area contributed by atoms with Gasteiger partial charge in [-0.15, -0.1) is 0 Å². The molecule has 0 spiro atoms. The summed E-state index contributed by atoms with van der Waals surface area (Å²) in [6.07, 6.45) is 0. The molecule has 0 aliphatic carbocycles. The third-order valence-corrected chi connectivity index (χ3v) is 3.09. The van der Waals surface area contributed by atoms with Gasteiger partial charge in [-0.1, -0.05) is 6.07 Å². The molecule has 2 heterocycles. The number of hydrogen-bond acceptors (Lipinski definition) is 4. The van der Waals surface area contributed by atoms with Gasteiger partial charge in [0, 0.05) is 6.07 Å². The lowest BCUT2D eigenvalue weighted by Gasteiger charge is -2.06. The van der Waals surface area contributed by atoms with Crippen LogP contribution in [0.15, 0.2) is 44.3 Å². The molecule has 0 aliphatic heterocycles. The number of aromatic nitrogens is 2. The number of halogens is 1. The minimum Gasteiger partial charge on any atom is -0.496 e. The molecule has 0 radical (unpaired) electrons. The van der Waals surface area contributed by atoms with Crippen molar-refractivity contribution in [2.75, 3.05) is 7.11 Å².